The molecule has 0 fully saturated rings. The molecule has 0 atom stereocenters. The van der Waals surface area contributed by atoms with Gasteiger partial charge in [-0.15, -0.1) is 0 Å². The molecule has 0 spiro atoms. The summed E-state index contributed by atoms with van der Waals surface area (Å²) in [5, 5.41) is 0. The maximum absolute atomic E-state index is 4.32. The lowest BCUT2D eigenvalue weighted by molar-refractivity contribution is 0.262. The minimum absolute atomic E-state index is 0.833. The van der Waals surface area contributed by atoms with E-state index in [1.54, 1.807) is 6.20 Å². The predicted molar refractivity (Wildman–Crippen MR) is 62.6 cm³/mol. The van der Waals surface area contributed by atoms with Crippen molar-refractivity contribution < 1.29 is 0 Å². The van der Waals surface area contributed by atoms with Gasteiger partial charge in [0.1, 0.15) is 5.82 Å². The molecule has 16 heavy (non-hydrogen) atoms. The lowest BCUT2D eigenvalue weighted by Gasteiger charge is -2.18. The zero-order chi connectivity index (χ0) is 11.2. The van der Waals surface area contributed by atoms with Gasteiger partial charge in [-0.05, 0) is 18.7 Å². The Morgan fingerprint density at radius 2 is 2.12 bits per heavy atom. The number of hydrogen-bond donors (Lipinski definition) is 1. The van der Waals surface area contributed by atoms with E-state index in [-0.39, 0.29) is 0 Å². The molecule has 4 heteroatoms. The number of aromatic amines is 1. The highest BCUT2D eigenvalue weighted by molar-refractivity contribution is 5.03. The number of rotatable bonds is 5. The van der Waals surface area contributed by atoms with Crippen LogP contribution in [-0.4, -0.2) is 26.4 Å². The monoisotopic (exact) mass is 216 g/mol. The van der Waals surface area contributed by atoms with Crippen molar-refractivity contribution in [3.05, 3.63) is 48.3 Å². The summed E-state index contributed by atoms with van der Waals surface area (Å²) in [6.07, 6.45) is 5.46. The van der Waals surface area contributed by atoms with E-state index < -0.39 is 0 Å². The van der Waals surface area contributed by atoms with Crippen molar-refractivity contribution in [2.75, 3.05) is 6.54 Å². The van der Waals surface area contributed by atoms with Crippen LogP contribution in [-0.2, 0) is 13.1 Å². The minimum Gasteiger partial charge on any atom is -0.348 e. The van der Waals surface area contributed by atoms with Gasteiger partial charge in [-0.2, -0.15) is 0 Å². The Morgan fingerprint density at radius 3 is 2.75 bits per heavy atom. The van der Waals surface area contributed by atoms with Gasteiger partial charge in [0, 0.05) is 25.1 Å². The first-order valence-electron chi connectivity index (χ1n) is 5.49. The molecule has 0 aliphatic heterocycles. The Hall–Kier alpha value is -1.68. The molecule has 0 saturated carbocycles. The van der Waals surface area contributed by atoms with Crippen LogP contribution in [0.25, 0.3) is 0 Å². The molecular formula is C12H16N4. The summed E-state index contributed by atoms with van der Waals surface area (Å²) >= 11 is 0. The molecule has 4 nitrogen and oxygen atoms in total. The normalized spacial score (nSPS) is 10.9. The summed E-state index contributed by atoms with van der Waals surface area (Å²) in [4.78, 5) is 14.0. The van der Waals surface area contributed by atoms with Crippen molar-refractivity contribution in [2.45, 2.75) is 20.0 Å². The Labute approximate surface area is 95.4 Å². The topological polar surface area (TPSA) is 44.8 Å². The molecule has 0 aliphatic rings. The molecule has 0 saturated heterocycles. The Balaban J connectivity index is 1.96. The second-order valence-corrected chi connectivity index (χ2v) is 3.66. The first-order chi connectivity index (χ1) is 7.88. The van der Waals surface area contributed by atoms with E-state index in [4.69, 9.17) is 0 Å². The molecule has 2 heterocycles. The zero-order valence-corrected chi connectivity index (χ0v) is 9.43. The number of nitrogens with zero attached hydrogens (tertiary/aromatic N) is 3. The lowest BCUT2D eigenvalue weighted by Crippen LogP contribution is -2.23. The zero-order valence-electron chi connectivity index (χ0n) is 9.43. The van der Waals surface area contributed by atoms with Crippen LogP contribution in [0.1, 0.15) is 18.4 Å². The van der Waals surface area contributed by atoms with Crippen LogP contribution in [0.4, 0.5) is 0 Å². The molecule has 0 bridgehead atoms. The van der Waals surface area contributed by atoms with Gasteiger partial charge >= 0.3 is 0 Å². The fourth-order valence-electron chi connectivity index (χ4n) is 1.60. The Morgan fingerprint density at radius 1 is 1.19 bits per heavy atom. The smallest absolute Gasteiger partial charge is 0.120 e. The van der Waals surface area contributed by atoms with E-state index in [9.17, 15) is 0 Å². The molecular weight excluding hydrogens is 200 g/mol. The summed E-state index contributed by atoms with van der Waals surface area (Å²) in [6, 6.07) is 6.00. The van der Waals surface area contributed by atoms with Crippen LogP contribution in [0.15, 0.2) is 36.8 Å². The fourth-order valence-corrected chi connectivity index (χ4v) is 1.60. The van der Waals surface area contributed by atoms with Crippen LogP contribution in [0.3, 0.4) is 0 Å². The van der Waals surface area contributed by atoms with Gasteiger partial charge in [-0.25, -0.2) is 4.98 Å². The average Bonchev–Trinajstić information content (AvgIpc) is 2.82. The van der Waals surface area contributed by atoms with Crippen molar-refractivity contribution in [3.63, 3.8) is 0 Å². The maximum atomic E-state index is 4.32. The maximum Gasteiger partial charge on any atom is 0.120 e. The molecule has 1 N–H and O–H groups in total. The van der Waals surface area contributed by atoms with E-state index in [0.29, 0.717) is 0 Å². The standard InChI is InChI=1S/C12H16N4/c1-2-16(10-12-14-7-8-15-12)9-11-5-3-4-6-13-11/h3-8H,2,9-10H2,1H3,(H,14,15). The van der Waals surface area contributed by atoms with Gasteiger partial charge in [0.15, 0.2) is 0 Å². The highest BCUT2D eigenvalue weighted by Crippen LogP contribution is 2.04. The summed E-state index contributed by atoms with van der Waals surface area (Å²) in [5.41, 5.74) is 1.09. The van der Waals surface area contributed by atoms with Gasteiger partial charge in [0.2, 0.25) is 0 Å². The molecule has 2 aromatic rings. The van der Waals surface area contributed by atoms with E-state index in [1.165, 1.54) is 0 Å². The van der Waals surface area contributed by atoms with E-state index in [1.807, 2.05) is 30.6 Å². The summed E-state index contributed by atoms with van der Waals surface area (Å²) in [7, 11) is 0. The molecule has 0 unspecified atom stereocenters. The van der Waals surface area contributed by atoms with Crippen LogP contribution in [0.5, 0.6) is 0 Å². The van der Waals surface area contributed by atoms with Gasteiger partial charge in [0.05, 0.1) is 12.2 Å². The van der Waals surface area contributed by atoms with E-state index in [0.717, 1.165) is 31.2 Å². The third-order valence-corrected chi connectivity index (χ3v) is 2.49. The van der Waals surface area contributed by atoms with Gasteiger partial charge in [-0.1, -0.05) is 13.0 Å². The molecule has 2 rings (SSSR count). The molecule has 2 aromatic heterocycles. The van der Waals surface area contributed by atoms with Gasteiger partial charge < -0.3 is 4.98 Å². The number of nitrogens with one attached hydrogen (secondary N) is 1. The number of hydrogen-bond acceptors (Lipinski definition) is 3. The van der Waals surface area contributed by atoms with Crippen LogP contribution in [0, 0.1) is 0 Å². The van der Waals surface area contributed by atoms with Crippen LogP contribution in [0.2, 0.25) is 0 Å². The Kier molecular flexibility index (Phi) is 3.66. The minimum atomic E-state index is 0.833. The Bertz CT molecular complexity index is 396. The SMILES string of the molecule is CCN(Cc1ccccn1)Cc1ncc[nH]1. The second-order valence-electron chi connectivity index (χ2n) is 3.66. The third kappa shape index (κ3) is 2.90. The van der Waals surface area contributed by atoms with Crippen molar-refractivity contribution in [3.8, 4) is 0 Å². The molecule has 84 valence electrons. The van der Waals surface area contributed by atoms with Gasteiger partial charge in [0.25, 0.3) is 0 Å². The van der Waals surface area contributed by atoms with Crippen molar-refractivity contribution >= 4 is 0 Å². The predicted octanol–water partition coefficient (Wildman–Crippen LogP) is 1.83. The quantitative estimate of drug-likeness (QED) is 0.829. The van der Waals surface area contributed by atoms with Crippen molar-refractivity contribution in [1.29, 1.82) is 0 Å². The third-order valence-electron chi connectivity index (χ3n) is 2.49. The molecule has 0 radical (unpaired) electrons. The van der Waals surface area contributed by atoms with Crippen LogP contribution < -0.4 is 0 Å². The number of imidazole rings is 1. The summed E-state index contributed by atoms with van der Waals surface area (Å²) < 4.78 is 0. The number of H-pyrrole nitrogens is 1. The number of pyridine rings is 1. The number of aromatic nitrogens is 3. The fraction of sp³-hybridized carbons (Fsp3) is 0.333. The molecule has 0 aliphatic carbocycles. The second kappa shape index (κ2) is 5.42. The first kappa shape index (κ1) is 10.8. The van der Waals surface area contributed by atoms with Gasteiger partial charge in [-0.3, -0.25) is 9.88 Å². The largest absolute Gasteiger partial charge is 0.348 e. The first-order valence-corrected chi connectivity index (χ1v) is 5.49. The van der Waals surface area contributed by atoms with E-state index in [2.05, 4.69) is 26.8 Å². The summed E-state index contributed by atoms with van der Waals surface area (Å²) in [5.74, 6) is 0.998. The van der Waals surface area contributed by atoms with E-state index >= 15 is 0 Å². The average molecular weight is 216 g/mol. The van der Waals surface area contributed by atoms with Crippen molar-refractivity contribution in [1.82, 2.24) is 19.9 Å². The molecule has 0 amide bonds. The lowest BCUT2D eigenvalue weighted by atomic mass is 10.3. The highest BCUT2D eigenvalue weighted by Gasteiger charge is 2.06. The highest BCUT2D eigenvalue weighted by atomic mass is 15.1. The summed E-state index contributed by atoms with van der Waals surface area (Å²) in [6.45, 7) is 4.82. The van der Waals surface area contributed by atoms with Crippen molar-refractivity contribution in [2.24, 2.45) is 0 Å². The van der Waals surface area contributed by atoms with Crippen LogP contribution >= 0.6 is 0 Å². The molecule has 0 aromatic carbocycles.